The van der Waals surface area contributed by atoms with Gasteiger partial charge in [0.15, 0.2) is 0 Å². The number of anilines is 2. The van der Waals surface area contributed by atoms with Gasteiger partial charge in [-0.25, -0.2) is 9.97 Å². The molecule has 2 aliphatic rings. The number of aryl methyl sites for hydroxylation is 1. The molecule has 2 amide bonds. The number of primary amides is 1. The summed E-state index contributed by atoms with van der Waals surface area (Å²) in [6.45, 7) is 4.76. The smallest absolute Gasteiger partial charge is 0.263 e. The average molecular weight is 642 g/mol. The number of phenols is 1. The van der Waals surface area contributed by atoms with Crippen LogP contribution in [-0.4, -0.2) is 86.4 Å². The minimum absolute atomic E-state index is 0.118. The number of hydrogen-bond donors (Lipinski definition) is 3. The predicted octanol–water partition coefficient (Wildman–Crippen LogP) is 2.46. The molecule has 13 nitrogen and oxygen atoms in total. The number of aromatic nitrogens is 4. The minimum atomic E-state index is -0.889. The lowest BCUT2D eigenvalue weighted by atomic mass is 10.0. The second kappa shape index (κ2) is 12.1. The number of benzene rings is 1. The van der Waals surface area contributed by atoms with Crippen molar-refractivity contribution in [1.82, 2.24) is 24.0 Å². The summed E-state index contributed by atoms with van der Waals surface area (Å²) in [4.78, 5) is 52.0. The minimum Gasteiger partial charge on any atom is -0.506 e. The number of nitrogens with two attached hydrogens (primary N) is 1. The molecule has 4 aromatic rings. The Bertz CT molecular complexity index is 1830. The van der Waals surface area contributed by atoms with E-state index in [1.54, 1.807) is 19.3 Å². The maximum absolute atomic E-state index is 13.3. The van der Waals surface area contributed by atoms with E-state index >= 15 is 0 Å². The van der Waals surface area contributed by atoms with Crippen molar-refractivity contribution in [2.75, 3.05) is 49.6 Å². The topological polar surface area (TPSA) is 161 Å². The van der Waals surface area contributed by atoms with E-state index in [9.17, 15) is 19.5 Å². The van der Waals surface area contributed by atoms with Crippen LogP contribution in [0, 0.1) is 0 Å². The zero-order valence-electron chi connectivity index (χ0n) is 23.8. The lowest BCUT2D eigenvalue weighted by Crippen LogP contribution is -2.44. The normalized spacial score (nSPS) is 17.3. The van der Waals surface area contributed by atoms with Crippen molar-refractivity contribution >= 4 is 57.6 Å². The Morgan fingerprint density at radius 1 is 1.14 bits per heavy atom. The summed E-state index contributed by atoms with van der Waals surface area (Å²) in [6, 6.07) is 4.93. The number of rotatable bonds is 7. The van der Waals surface area contributed by atoms with Crippen LogP contribution < -0.4 is 21.5 Å². The van der Waals surface area contributed by atoms with Gasteiger partial charge in [0.25, 0.3) is 11.5 Å². The molecule has 44 heavy (non-hydrogen) atoms. The van der Waals surface area contributed by atoms with Gasteiger partial charge in [-0.1, -0.05) is 23.2 Å². The highest BCUT2D eigenvalue weighted by Gasteiger charge is 2.30. The fraction of sp³-hybridized carbons (Fsp3) is 0.345. The number of nitrogens with zero attached hydrogens (tertiary/aromatic N) is 6. The van der Waals surface area contributed by atoms with Crippen molar-refractivity contribution in [2.45, 2.75) is 19.0 Å². The second-order valence-corrected chi connectivity index (χ2v) is 11.7. The Hall–Kier alpha value is -4.17. The van der Waals surface area contributed by atoms with Crippen molar-refractivity contribution in [2.24, 2.45) is 12.8 Å². The number of halogens is 2. The monoisotopic (exact) mass is 640 g/mol. The van der Waals surface area contributed by atoms with Gasteiger partial charge in [-0.15, -0.1) is 0 Å². The number of carbonyl (C=O) groups excluding carboxylic acids is 2. The zero-order chi connectivity index (χ0) is 31.1. The van der Waals surface area contributed by atoms with Gasteiger partial charge >= 0.3 is 0 Å². The molecule has 6 rings (SSSR count). The Labute approximate surface area is 261 Å². The van der Waals surface area contributed by atoms with Gasteiger partial charge in [-0.3, -0.25) is 19.3 Å². The summed E-state index contributed by atoms with van der Waals surface area (Å²) in [6.07, 6.45) is 5.46. The van der Waals surface area contributed by atoms with Gasteiger partial charge in [-0.2, -0.15) is 0 Å². The van der Waals surface area contributed by atoms with E-state index < -0.39 is 17.6 Å². The van der Waals surface area contributed by atoms with E-state index in [0.717, 1.165) is 45.8 Å². The van der Waals surface area contributed by atoms with Crippen molar-refractivity contribution in [3.05, 3.63) is 62.9 Å². The molecule has 1 unspecified atom stereocenters. The largest absolute Gasteiger partial charge is 0.506 e. The Balaban J connectivity index is 1.26. The number of ether oxygens (including phenoxy) is 1. The predicted molar refractivity (Wildman–Crippen MR) is 166 cm³/mol. The van der Waals surface area contributed by atoms with Gasteiger partial charge < -0.3 is 34.9 Å². The van der Waals surface area contributed by atoms with E-state index in [2.05, 4.69) is 25.1 Å². The molecule has 5 heterocycles. The summed E-state index contributed by atoms with van der Waals surface area (Å²) in [5, 5.41) is 13.4. The van der Waals surface area contributed by atoms with E-state index in [0.29, 0.717) is 28.7 Å². The molecular formula is C29H30Cl2N8O5. The van der Waals surface area contributed by atoms with Crippen LogP contribution in [0.15, 0.2) is 41.7 Å². The number of pyridine rings is 1. The highest BCUT2D eigenvalue weighted by molar-refractivity contribution is 6.34. The highest BCUT2D eigenvalue weighted by atomic mass is 35.5. The summed E-state index contributed by atoms with van der Waals surface area (Å²) < 4.78 is 8.31. The molecule has 1 atom stereocenters. The Morgan fingerprint density at radius 3 is 2.66 bits per heavy atom. The molecule has 230 valence electrons. The fourth-order valence-corrected chi connectivity index (χ4v) is 6.15. The van der Waals surface area contributed by atoms with Crippen molar-refractivity contribution < 1.29 is 19.4 Å². The molecule has 1 aromatic carbocycles. The van der Waals surface area contributed by atoms with Crippen molar-refractivity contribution in [3.8, 4) is 16.9 Å². The first-order valence-corrected chi connectivity index (χ1v) is 14.8. The van der Waals surface area contributed by atoms with Gasteiger partial charge in [0.05, 0.1) is 52.4 Å². The molecule has 4 N–H and O–H groups in total. The Kier molecular flexibility index (Phi) is 8.20. The van der Waals surface area contributed by atoms with Gasteiger partial charge in [0, 0.05) is 57.1 Å². The Morgan fingerprint density at radius 2 is 1.91 bits per heavy atom. The molecule has 2 saturated heterocycles. The zero-order valence-corrected chi connectivity index (χ0v) is 25.3. The van der Waals surface area contributed by atoms with E-state index in [1.807, 2.05) is 0 Å². The number of hydrogen-bond acceptors (Lipinski definition) is 9. The van der Waals surface area contributed by atoms with Gasteiger partial charge in [0.2, 0.25) is 5.91 Å². The molecule has 0 spiro atoms. The number of morpholine rings is 1. The molecule has 0 bridgehead atoms. The van der Waals surface area contributed by atoms with Crippen LogP contribution >= 0.6 is 23.2 Å². The van der Waals surface area contributed by atoms with Crippen LogP contribution in [0.5, 0.6) is 5.75 Å². The number of aromatic hydroxyl groups is 1. The third-order valence-corrected chi connectivity index (χ3v) is 8.64. The molecule has 3 aromatic heterocycles. The lowest BCUT2D eigenvalue weighted by molar-refractivity contribution is -0.116. The quantitative estimate of drug-likeness (QED) is 0.275. The summed E-state index contributed by atoms with van der Waals surface area (Å²) in [5.41, 5.74) is 6.21. The maximum Gasteiger partial charge on any atom is 0.263 e. The third-order valence-electron chi connectivity index (χ3n) is 8.06. The van der Waals surface area contributed by atoms with E-state index in [4.69, 9.17) is 33.7 Å². The van der Waals surface area contributed by atoms with Crippen LogP contribution in [0.2, 0.25) is 10.0 Å². The first kappa shape index (κ1) is 29.9. The first-order chi connectivity index (χ1) is 21.1. The SMILES string of the molecule is Cn1cnc2c(c(-c3cc(Cl)c(O)c(C(N)=O)c3)cn2CC(=O)Nc2cc(N3CCC(N4CCOCC4)C3)ncc2Cl)c1=O. The first-order valence-electron chi connectivity index (χ1n) is 14.0. The third kappa shape index (κ3) is 5.71. The summed E-state index contributed by atoms with van der Waals surface area (Å²) in [7, 11) is 1.55. The lowest BCUT2D eigenvalue weighted by Gasteiger charge is -2.32. The van der Waals surface area contributed by atoms with Crippen molar-refractivity contribution in [3.63, 3.8) is 0 Å². The molecule has 0 aliphatic carbocycles. The molecule has 15 heteroatoms. The van der Waals surface area contributed by atoms with Gasteiger partial charge in [0.1, 0.15) is 23.8 Å². The highest BCUT2D eigenvalue weighted by Crippen LogP contribution is 2.36. The second-order valence-electron chi connectivity index (χ2n) is 10.9. The average Bonchev–Trinajstić information content (AvgIpc) is 3.64. The molecular weight excluding hydrogens is 611 g/mol. The standard InChI is InChI=1S/C29H30Cl2N8O5/c1-36-15-34-28-25(29(36)43)19(16-8-18(27(32)42)26(41)20(30)9-16)13-39(28)14-24(40)35-22-10-23(33-11-21(22)31)38-3-2-17(12-38)37-4-6-44-7-5-37/h8-11,13,15,17,41H,2-7,12,14H2,1H3,(H2,32,42)(H,33,35,40). The van der Waals surface area contributed by atoms with E-state index in [1.165, 1.54) is 33.8 Å². The molecule has 2 aliphatic heterocycles. The van der Waals surface area contributed by atoms with Crippen LogP contribution in [0.25, 0.3) is 22.2 Å². The van der Waals surface area contributed by atoms with Crippen LogP contribution in [0.1, 0.15) is 16.8 Å². The number of fused-ring (bicyclic) bond motifs is 1. The fourth-order valence-electron chi connectivity index (χ4n) is 5.78. The summed E-state index contributed by atoms with van der Waals surface area (Å²) >= 11 is 12.6. The number of amides is 2. The van der Waals surface area contributed by atoms with Gasteiger partial charge in [-0.05, 0) is 24.1 Å². The molecule has 2 fully saturated rings. The number of nitrogens with one attached hydrogen (secondary N) is 1. The maximum atomic E-state index is 13.3. The van der Waals surface area contributed by atoms with Crippen LogP contribution in [0.4, 0.5) is 11.5 Å². The molecule has 0 radical (unpaired) electrons. The van der Waals surface area contributed by atoms with Crippen LogP contribution in [-0.2, 0) is 23.1 Å². The molecule has 0 saturated carbocycles. The van der Waals surface area contributed by atoms with Crippen LogP contribution in [0.3, 0.4) is 0 Å². The van der Waals surface area contributed by atoms with E-state index in [-0.39, 0.29) is 38.7 Å². The number of carbonyl (C=O) groups is 2. The van der Waals surface area contributed by atoms with Crippen molar-refractivity contribution in [1.29, 1.82) is 0 Å². The summed E-state index contributed by atoms with van der Waals surface area (Å²) in [5.74, 6) is -1.05.